The summed E-state index contributed by atoms with van der Waals surface area (Å²) < 4.78 is 46.2. The lowest BCUT2D eigenvalue weighted by Crippen LogP contribution is -2.10. The van der Waals surface area contributed by atoms with Gasteiger partial charge in [0.1, 0.15) is 17.5 Å². The van der Waals surface area contributed by atoms with E-state index in [1.165, 1.54) is 36.1 Å². The van der Waals surface area contributed by atoms with Crippen molar-refractivity contribution in [1.82, 2.24) is 15.2 Å². The normalized spacial score (nSPS) is 11.3. The number of anilines is 2. The molecule has 0 amide bonds. The number of benzene rings is 1. The second-order valence-electron chi connectivity index (χ2n) is 7.26. The van der Waals surface area contributed by atoms with Gasteiger partial charge in [-0.2, -0.15) is 23.5 Å². The van der Waals surface area contributed by atoms with Crippen molar-refractivity contribution in [3.63, 3.8) is 0 Å². The maximum absolute atomic E-state index is 13.6. The number of aromatic amines is 1. The van der Waals surface area contributed by atoms with E-state index in [1.807, 2.05) is 6.07 Å². The van der Waals surface area contributed by atoms with Gasteiger partial charge in [-0.15, -0.1) is 11.3 Å². The quantitative estimate of drug-likeness (QED) is 0.302. The number of nitrogens with zero attached hydrogens (tertiary/aromatic N) is 3. The highest BCUT2D eigenvalue weighted by molar-refractivity contribution is 7.14. The summed E-state index contributed by atoms with van der Waals surface area (Å²) in [6.45, 7) is 2.39. The molecule has 2 aromatic heterocycles. The molecular formula is C22H24F3N5OS. The van der Waals surface area contributed by atoms with Crippen LogP contribution in [0.25, 0.3) is 11.3 Å². The van der Waals surface area contributed by atoms with E-state index in [4.69, 9.17) is 10.00 Å². The summed E-state index contributed by atoms with van der Waals surface area (Å²) in [5, 5.41) is 20.5. The van der Waals surface area contributed by atoms with Crippen molar-refractivity contribution in [2.45, 2.75) is 51.6 Å². The van der Waals surface area contributed by atoms with Crippen molar-refractivity contribution in [2.24, 2.45) is 0 Å². The summed E-state index contributed by atoms with van der Waals surface area (Å²) in [5.74, 6) is -0.173. The maximum Gasteiger partial charge on any atom is 0.420 e. The van der Waals surface area contributed by atoms with Gasteiger partial charge in [-0.25, -0.2) is 4.98 Å². The Morgan fingerprint density at radius 2 is 1.97 bits per heavy atom. The van der Waals surface area contributed by atoms with E-state index in [0.29, 0.717) is 16.4 Å². The lowest BCUT2D eigenvalue weighted by atomic mass is 10.1. The van der Waals surface area contributed by atoms with Gasteiger partial charge in [-0.3, -0.25) is 5.10 Å². The largest absolute Gasteiger partial charge is 0.493 e. The minimum atomic E-state index is -4.54. The lowest BCUT2D eigenvalue weighted by molar-refractivity contribution is -0.138. The van der Waals surface area contributed by atoms with E-state index in [1.54, 1.807) is 5.38 Å². The van der Waals surface area contributed by atoms with Crippen LogP contribution in [0.2, 0.25) is 0 Å². The molecule has 0 saturated carbocycles. The molecule has 0 aliphatic rings. The molecule has 1 aromatic carbocycles. The maximum atomic E-state index is 13.6. The Bertz CT molecular complexity index is 1050. The van der Waals surface area contributed by atoms with E-state index in [0.717, 1.165) is 38.2 Å². The molecule has 0 unspecified atom stereocenters. The third-order valence-corrected chi connectivity index (χ3v) is 5.58. The smallest absolute Gasteiger partial charge is 0.420 e. The summed E-state index contributed by atoms with van der Waals surface area (Å²) in [7, 11) is 0. The third-order valence-electron chi connectivity index (χ3n) is 4.82. The average Bonchev–Trinajstić information content (AvgIpc) is 3.42. The number of rotatable bonds is 11. The predicted molar refractivity (Wildman–Crippen MR) is 118 cm³/mol. The van der Waals surface area contributed by atoms with Crippen molar-refractivity contribution >= 4 is 22.2 Å². The van der Waals surface area contributed by atoms with Crippen LogP contribution in [0.1, 0.15) is 56.7 Å². The first-order valence-corrected chi connectivity index (χ1v) is 11.3. The van der Waals surface area contributed by atoms with Crippen LogP contribution in [0.3, 0.4) is 0 Å². The van der Waals surface area contributed by atoms with Crippen LogP contribution in [-0.2, 0) is 6.18 Å². The molecule has 2 N–H and O–H groups in total. The van der Waals surface area contributed by atoms with Crippen LogP contribution in [0, 0.1) is 11.3 Å². The first-order chi connectivity index (χ1) is 15.4. The molecule has 6 nitrogen and oxygen atoms in total. The standard InChI is InChI=1S/C22H24F3N5OS/c1-2-3-4-5-6-7-10-31-20-9-8-15(11-17(20)22(23,24)25)28-21-29-19(14-32-21)16-13-27-30-18(16)12-26/h8-9,11,13-14H,2-7,10H2,1H3,(H,27,30)(H,28,29). The molecule has 3 rings (SSSR count). The number of halogens is 3. The number of aromatic nitrogens is 3. The fourth-order valence-electron chi connectivity index (χ4n) is 3.16. The molecule has 2 heterocycles. The molecule has 170 valence electrons. The zero-order chi connectivity index (χ0) is 23.0. The Hall–Kier alpha value is -3.06. The molecule has 0 bridgehead atoms. The van der Waals surface area contributed by atoms with E-state index in [2.05, 4.69) is 27.4 Å². The summed E-state index contributed by atoms with van der Waals surface area (Å²) in [4.78, 5) is 4.35. The van der Waals surface area contributed by atoms with Gasteiger partial charge in [0.25, 0.3) is 0 Å². The molecule has 0 aliphatic heterocycles. The molecule has 0 aliphatic carbocycles. The van der Waals surface area contributed by atoms with Crippen LogP contribution in [0.4, 0.5) is 24.0 Å². The van der Waals surface area contributed by atoms with Crippen LogP contribution >= 0.6 is 11.3 Å². The number of nitrogens with one attached hydrogen (secondary N) is 2. The average molecular weight is 464 g/mol. The Morgan fingerprint density at radius 1 is 1.19 bits per heavy atom. The molecule has 0 fully saturated rings. The summed E-state index contributed by atoms with van der Waals surface area (Å²) in [5.41, 5.74) is 0.738. The topological polar surface area (TPSA) is 86.6 Å². The molecule has 10 heteroatoms. The Kier molecular flexibility index (Phi) is 8.11. The van der Waals surface area contributed by atoms with Gasteiger partial charge in [0.2, 0.25) is 0 Å². The molecular weight excluding hydrogens is 439 g/mol. The number of H-pyrrole nitrogens is 1. The van der Waals surface area contributed by atoms with Crippen molar-refractivity contribution in [3.8, 4) is 23.1 Å². The number of thiazole rings is 1. The monoisotopic (exact) mass is 463 g/mol. The number of alkyl halides is 3. The van der Waals surface area contributed by atoms with Crippen LogP contribution < -0.4 is 10.1 Å². The van der Waals surface area contributed by atoms with E-state index in [9.17, 15) is 13.2 Å². The highest BCUT2D eigenvalue weighted by atomic mass is 32.1. The van der Waals surface area contributed by atoms with Gasteiger partial charge >= 0.3 is 6.18 Å². The fraction of sp³-hybridized carbons (Fsp3) is 0.409. The van der Waals surface area contributed by atoms with Crippen LogP contribution in [0.5, 0.6) is 5.75 Å². The Balaban J connectivity index is 1.66. The summed E-state index contributed by atoms with van der Waals surface area (Å²) >= 11 is 1.22. The van der Waals surface area contributed by atoms with E-state index < -0.39 is 11.7 Å². The lowest BCUT2D eigenvalue weighted by Gasteiger charge is -2.15. The second-order valence-corrected chi connectivity index (χ2v) is 8.12. The zero-order valence-corrected chi connectivity index (χ0v) is 18.4. The molecule has 0 atom stereocenters. The van der Waals surface area contributed by atoms with Crippen LogP contribution in [0.15, 0.2) is 29.8 Å². The third kappa shape index (κ3) is 6.23. The Labute approximate surface area is 188 Å². The molecule has 0 saturated heterocycles. The van der Waals surface area contributed by atoms with Gasteiger partial charge in [0, 0.05) is 11.1 Å². The predicted octanol–water partition coefficient (Wildman–Crippen LogP) is 6.91. The van der Waals surface area contributed by atoms with Crippen molar-refractivity contribution in [3.05, 3.63) is 41.0 Å². The number of ether oxygens (including phenoxy) is 1. The van der Waals surface area contributed by atoms with Crippen molar-refractivity contribution in [1.29, 1.82) is 5.26 Å². The molecule has 0 radical (unpaired) electrons. The molecule has 3 aromatic rings. The van der Waals surface area contributed by atoms with Crippen LogP contribution in [-0.4, -0.2) is 21.8 Å². The van der Waals surface area contributed by atoms with Gasteiger partial charge in [0.05, 0.1) is 29.6 Å². The fourth-order valence-corrected chi connectivity index (χ4v) is 3.89. The van der Waals surface area contributed by atoms with Gasteiger partial charge in [-0.05, 0) is 24.6 Å². The van der Waals surface area contributed by atoms with Gasteiger partial charge in [0.15, 0.2) is 5.13 Å². The number of hydrogen-bond acceptors (Lipinski definition) is 6. The molecule has 0 spiro atoms. The Morgan fingerprint density at radius 3 is 2.72 bits per heavy atom. The van der Waals surface area contributed by atoms with Crippen molar-refractivity contribution < 1.29 is 17.9 Å². The zero-order valence-electron chi connectivity index (χ0n) is 17.6. The van der Waals surface area contributed by atoms with Gasteiger partial charge < -0.3 is 10.1 Å². The van der Waals surface area contributed by atoms with E-state index >= 15 is 0 Å². The minimum absolute atomic E-state index is 0.173. The highest BCUT2D eigenvalue weighted by Gasteiger charge is 2.34. The SMILES string of the molecule is CCCCCCCCOc1ccc(Nc2nc(-c3cn[nH]c3C#N)cs2)cc1C(F)(F)F. The highest BCUT2D eigenvalue weighted by Crippen LogP contribution is 2.39. The second kappa shape index (κ2) is 11.0. The number of nitriles is 1. The summed E-state index contributed by atoms with van der Waals surface area (Å²) in [6.07, 6.45) is 3.14. The van der Waals surface area contributed by atoms with E-state index in [-0.39, 0.29) is 23.7 Å². The first kappa shape index (κ1) is 23.6. The number of unbranched alkanes of at least 4 members (excludes halogenated alkanes) is 5. The number of hydrogen-bond donors (Lipinski definition) is 2. The summed E-state index contributed by atoms with van der Waals surface area (Å²) in [6, 6.07) is 5.88. The minimum Gasteiger partial charge on any atom is -0.493 e. The van der Waals surface area contributed by atoms with Crippen molar-refractivity contribution in [2.75, 3.05) is 11.9 Å². The van der Waals surface area contributed by atoms with Gasteiger partial charge in [-0.1, -0.05) is 39.0 Å². The molecule has 32 heavy (non-hydrogen) atoms. The first-order valence-electron chi connectivity index (χ1n) is 10.4.